The molecule has 0 aliphatic heterocycles. The number of nitrogens with two attached hydrogens (primary N) is 1. The fraction of sp³-hybridized carbons (Fsp3) is 0.571. The van der Waals surface area contributed by atoms with Crippen LogP contribution in [0.1, 0.15) is 32.8 Å². The van der Waals surface area contributed by atoms with Gasteiger partial charge in [-0.15, -0.1) is 0 Å². The predicted octanol–water partition coefficient (Wildman–Crippen LogP) is 1.52. The van der Waals surface area contributed by atoms with Gasteiger partial charge in [-0.25, -0.2) is 13.1 Å². The lowest BCUT2D eigenvalue weighted by Gasteiger charge is -2.14. The molecule has 20 heavy (non-hydrogen) atoms. The summed E-state index contributed by atoms with van der Waals surface area (Å²) in [5, 5.41) is 9.71. The first-order chi connectivity index (χ1) is 9.26. The molecule has 114 valence electrons. The van der Waals surface area contributed by atoms with Gasteiger partial charge < -0.3 is 10.8 Å². The van der Waals surface area contributed by atoms with E-state index in [0.717, 1.165) is 12.0 Å². The zero-order valence-corrected chi connectivity index (χ0v) is 13.1. The highest BCUT2D eigenvalue weighted by Crippen LogP contribution is 2.18. The Hall–Kier alpha value is -1.11. The third kappa shape index (κ3) is 4.77. The molecule has 1 rings (SSSR count). The Kier molecular flexibility index (Phi) is 5.98. The summed E-state index contributed by atoms with van der Waals surface area (Å²) in [5.41, 5.74) is 7.20. The molecule has 0 radical (unpaired) electrons. The highest BCUT2D eigenvalue weighted by atomic mass is 32.2. The van der Waals surface area contributed by atoms with Gasteiger partial charge in [-0.3, -0.25) is 0 Å². The molecule has 0 spiro atoms. The maximum absolute atomic E-state index is 12.1. The second-order valence-electron chi connectivity index (χ2n) is 5.35. The maximum Gasteiger partial charge on any atom is 0.240 e. The topological polar surface area (TPSA) is 92.4 Å². The molecule has 0 aliphatic rings. The third-order valence-electron chi connectivity index (χ3n) is 3.06. The van der Waals surface area contributed by atoms with Crippen LogP contribution >= 0.6 is 0 Å². The van der Waals surface area contributed by atoms with Crippen LogP contribution in [0.5, 0.6) is 0 Å². The van der Waals surface area contributed by atoms with Crippen molar-refractivity contribution in [3.05, 3.63) is 23.8 Å². The highest BCUT2D eigenvalue weighted by Gasteiger charge is 2.17. The van der Waals surface area contributed by atoms with E-state index in [-0.39, 0.29) is 11.4 Å². The van der Waals surface area contributed by atoms with Crippen LogP contribution in [0.15, 0.2) is 23.1 Å². The van der Waals surface area contributed by atoms with E-state index in [4.69, 9.17) is 5.73 Å². The molecular formula is C14H24N2O3S. The third-order valence-corrected chi connectivity index (χ3v) is 4.48. The molecule has 6 heteroatoms. The lowest BCUT2D eigenvalue weighted by Crippen LogP contribution is -2.32. The van der Waals surface area contributed by atoms with Crippen LogP contribution in [0.3, 0.4) is 0 Å². The van der Waals surface area contributed by atoms with Crippen molar-refractivity contribution >= 4 is 15.7 Å². The number of aryl methyl sites for hydroxylation is 1. The average Bonchev–Trinajstić information content (AvgIpc) is 2.35. The summed E-state index contributed by atoms with van der Waals surface area (Å²) >= 11 is 0. The van der Waals surface area contributed by atoms with Crippen molar-refractivity contribution in [3.8, 4) is 0 Å². The SMILES string of the molecule is CCc1ccc(S(=O)(=O)NCC(O)CC(C)C)cc1N. The zero-order valence-electron chi connectivity index (χ0n) is 12.3. The average molecular weight is 300 g/mol. The monoisotopic (exact) mass is 300 g/mol. The first-order valence-corrected chi connectivity index (χ1v) is 8.30. The Morgan fingerprint density at radius 3 is 2.50 bits per heavy atom. The van der Waals surface area contributed by atoms with Gasteiger partial charge in [0.05, 0.1) is 11.0 Å². The highest BCUT2D eigenvalue weighted by molar-refractivity contribution is 7.89. The van der Waals surface area contributed by atoms with E-state index in [1.54, 1.807) is 6.07 Å². The minimum atomic E-state index is -3.63. The van der Waals surface area contributed by atoms with Crippen molar-refractivity contribution in [2.45, 2.75) is 44.6 Å². The van der Waals surface area contributed by atoms with Crippen molar-refractivity contribution in [2.75, 3.05) is 12.3 Å². The molecule has 1 unspecified atom stereocenters. The molecule has 5 nitrogen and oxygen atoms in total. The molecular weight excluding hydrogens is 276 g/mol. The van der Waals surface area contributed by atoms with Crippen molar-refractivity contribution < 1.29 is 13.5 Å². The van der Waals surface area contributed by atoms with Crippen molar-refractivity contribution in [3.63, 3.8) is 0 Å². The van der Waals surface area contributed by atoms with Crippen LogP contribution in [0, 0.1) is 5.92 Å². The molecule has 0 aromatic heterocycles. The Morgan fingerprint density at radius 2 is 2.00 bits per heavy atom. The lowest BCUT2D eigenvalue weighted by atomic mass is 10.1. The normalized spacial score (nSPS) is 13.7. The molecule has 1 aromatic rings. The van der Waals surface area contributed by atoms with E-state index >= 15 is 0 Å². The lowest BCUT2D eigenvalue weighted by molar-refractivity contribution is 0.152. The Morgan fingerprint density at radius 1 is 1.35 bits per heavy atom. The van der Waals surface area contributed by atoms with Crippen LogP contribution < -0.4 is 10.5 Å². The van der Waals surface area contributed by atoms with Crippen LogP contribution in [0.2, 0.25) is 0 Å². The van der Waals surface area contributed by atoms with Gasteiger partial charge in [0.15, 0.2) is 0 Å². The fourth-order valence-corrected chi connectivity index (χ4v) is 3.09. The number of benzene rings is 1. The van der Waals surface area contributed by atoms with Gasteiger partial charge in [0.2, 0.25) is 10.0 Å². The first kappa shape index (κ1) is 16.9. The molecule has 0 amide bonds. The summed E-state index contributed by atoms with van der Waals surface area (Å²) in [4.78, 5) is 0.129. The minimum absolute atomic E-state index is 0.00987. The molecule has 0 bridgehead atoms. The minimum Gasteiger partial charge on any atom is -0.398 e. The van der Waals surface area contributed by atoms with Crippen LogP contribution in [0.4, 0.5) is 5.69 Å². The summed E-state index contributed by atoms with van der Waals surface area (Å²) in [6.07, 6.45) is 0.628. The number of aliphatic hydroxyl groups is 1. The second kappa shape index (κ2) is 7.06. The Labute approximate surface area is 121 Å². The molecule has 0 aliphatic carbocycles. The van der Waals surface area contributed by atoms with Crippen LogP contribution in [-0.2, 0) is 16.4 Å². The predicted molar refractivity (Wildman–Crippen MR) is 80.9 cm³/mol. The molecule has 0 heterocycles. The van der Waals surface area contributed by atoms with E-state index < -0.39 is 16.1 Å². The van der Waals surface area contributed by atoms with Crippen LogP contribution in [-0.4, -0.2) is 26.2 Å². The van der Waals surface area contributed by atoms with Crippen molar-refractivity contribution in [2.24, 2.45) is 5.92 Å². The number of nitrogen functional groups attached to an aromatic ring is 1. The van der Waals surface area contributed by atoms with Gasteiger partial charge in [0, 0.05) is 12.2 Å². The zero-order chi connectivity index (χ0) is 15.3. The van der Waals surface area contributed by atoms with Gasteiger partial charge in [-0.1, -0.05) is 26.8 Å². The largest absolute Gasteiger partial charge is 0.398 e. The number of rotatable bonds is 7. The van der Waals surface area contributed by atoms with E-state index in [1.165, 1.54) is 12.1 Å². The molecule has 4 N–H and O–H groups in total. The summed E-state index contributed by atoms with van der Waals surface area (Å²) in [6.45, 7) is 5.92. The number of hydrogen-bond donors (Lipinski definition) is 3. The van der Waals surface area contributed by atoms with Crippen LogP contribution in [0.25, 0.3) is 0 Å². The second-order valence-corrected chi connectivity index (χ2v) is 7.12. The van der Waals surface area contributed by atoms with Gasteiger partial charge in [-0.05, 0) is 36.5 Å². The summed E-state index contributed by atoms with van der Waals surface area (Å²) in [6, 6.07) is 4.71. The van der Waals surface area contributed by atoms with Crippen molar-refractivity contribution in [1.29, 1.82) is 0 Å². The van der Waals surface area contributed by atoms with Gasteiger partial charge in [0.1, 0.15) is 0 Å². The molecule has 1 aromatic carbocycles. The number of nitrogens with one attached hydrogen (secondary N) is 1. The maximum atomic E-state index is 12.1. The van der Waals surface area contributed by atoms with E-state index in [9.17, 15) is 13.5 Å². The molecule has 0 fully saturated rings. The quantitative estimate of drug-likeness (QED) is 0.666. The van der Waals surface area contributed by atoms with E-state index in [1.807, 2.05) is 20.8 Å². The number of anilines is 1. The number of sulfonamides is 1. The smallest absolute Gasteiger partial charge is 0.240 e. The van der Waals surface area contributed by atoms with E-state index in [0.29, 0.717) is 18.0 Å². The molecule has 0 saturated heterocycles. The van der Waals surface area contributed by atoms with Crippen molar-refractivity contribution in [1.82, 2.24) is 4.72 Å². The van der Waals surface area contributed by atoms with Gasteiger partial charge in [-0.2, -0.15) is 0 Å². The standard InChI is InChI=1S/C14H24N2O3S/c1-4-11-5-6-13(8-14(11)15)20(18,19)16-9-12(17)7-10(2)3/h5-6,8,10,12,16-17H,4,7,9,15H2,1-3H3. The number of aliphatic hydroxyl groups excluding tert-OH is 1. The summed E-state index contributed by atoms with van der Waals surface area (Å²) < 4.78 is 26.6. The first-order valence-electron chi connectivity index (χ1n) is 6.82. The fourth-order valence-electron chi connectivity index (χ4n) is 1.98. The van der Waals surface area contributed by atoms with Gasteiger partial charge in [0.25, 0.3) is 0 Å². The van der Waals surface area contributed by atoms with E-state index in [2.05, 4.69) is 4.72 Å². The molecule has 1 atom stereocenters. The Bertz CT molecular complexity index is 541. The van der Waals surface area contributed by atoms with Gasteiger partial charge >= 0.3 is 0 Å². The summed E-state index contributed by atoms with van der Waals surface area (Å²) in [5.74, 6) is 0.314. The Balaban J connectivity index is 2.76. The summed E-state index contributed by atoms with van der Waals surface area (Å²) in [7, 11) is -3.63. The number of hydrogen-bond acceptors (Lipinski definition) is 4. The molecule has 0 saturated carbocycles.